The normalized spacial score (nSPS) is 15.2. The molecule has 188 valence electrons. The van der Waals surface area contributed by atoms with E-state index in [4.69, 9.17) is 5.73 Å². The molecule has 0 bridgehead atoms. The second-order valence-electron chi connectivity index (χ2n) is 8.75. The topological polar surface area (TPSA) is 148 Å². The van der Waals surface area contributed by atoms with Crippen molar-refractivity contribution in [3.05, 3.63) is 77.7 Å². The highest BCUT2D eigenvalue weighted by molar-refractivity contribution is 7.09. The van der Waals surface area contributed by atoms with Crippen LogP contribution in [-0.4, -0.2) is 50.5 Å². The second kappa shape index (κ2) is 11.2. The molecule has 10 nitrogen and oxygen atoms in total. The highest BCUT2D eigenvalue weighted by atomic mass is 32.1. The largest absolute Gasteiger partial charge is 0.382 e. The van der Waals surface area contributed by atoms with Gasteiger partial charge in [-0.25, -0.2) is 9.97 Å². The summed E-state index contributed by atoms with van der Waals surface area (Å²) >= 11 is 1.34. The first-order valence-corrected chi connectivity index (χ1v) is 12.7. The van der Waals surface area contributed by atoms with Gasteiger partial charge in [-0.05, 0) is 54.2 Å². The number of hydrogen-bond donors (Lipinski definition) is 4. The molecule has 37 heavy (non-hydrogen) atoms. The standard InChI is InChI=1S/C26H26N8O2S/c27-24-23(26(36)32-20-5-2-10-28-13-20)33-21(14-29-24)18-3-1-4-19(11-18)25(35)30-12-16-6-8-17(9-7-16)22-15-31-34-37-22/h1,3-4,6-9,11,14-15,20,28H,2,5,10,12-13H2,(H2,27,29)(H,30,35)(H,32,36). The Bertz CT molecular complexity index is 1390. The molecule has 2 aromatic carbocycles. The average Bonchev–Trinajstić information content (AvgIpc) is 3.48. The number of hydrogen-bond acceptors (Lipinski definition) is 9. The average molecular weight is 515 g/mol. The van der Waals surface area contributed by atoms with Crippen LogP contribution in [0.25, 0.3) is 21.7 Å². The molecule has 1 aliphatic heterocycles. The highest BCUT2D eigenvalue weighted by Crippen LogP contribution is 2.22. The summed E-state index contributed by atoms with van der Waals surface area (Å²) in [6, 6.07) is 15.0. The molecule has 5 rings (SSSR count). The monoisotopic (exact) mass is 514 g/mol. The number of piperidine rings is 1. The lowest BCUT2D eigenvalue weighted by molar-refractivity contribution is 0.0923. The van der Waals surface area contributed by atoms with Gasteiger partial charge in [-0.15, -0.1) is 5.10 Å². The molecule has 1 fully saturated rings. The maximum Gasteiger partial charge on any atom is 0.274 e. The van der Waals surface area contributed by atoms with Gasteiger partial charge in [-0.1, -0.05) is 40.9 Å². The van der Waals surface area contributed by atoms with Crippen molar-refractivity contribution in [2.75, 3.05) is 18.8 Å². The number of carbonyl (C=O) groups is 2. The predicted molar refractivity (Wildman–Crippen MR) is 142 cm³/mol. The van der Waals surface area contributed by atoms with Crippen molar-refractivity contribution in [1.82, 2.24) is 35.5 Å². The third kappa shape index (κ3) is 5.96. The summed E-state index contributed by atoms with van der Waals surface area (Å²) in [4.78, 5) is 35.3. The molecule has 2 amide bonds. The molecular formula is C26H26N8O2S. The van der Waals surface area contributed by atoms with Crippen LogP contribution in [0, 0.1) is 0 Å². The van der Waals surface area contributed by atoms with Crippen LogP contribution in [0.3, 0.4) is 0 Å². The minimum atomic E-state index is -0.355. The van der Waals surface area contributed by atoms with Crippen LogP contribution in [0.1, 0.15) is 39.3 Å². The van der Waals surface area contributed by atoms with E-state index in [1.54, 1.807) is 24.4 Å². The van der Waals surface area contributed by atoms with E-state index in [9.17, 15) is 9.59 Å². The summed E-state index contributed by atoms with van der Waals surface area (Å²) in [6.07, 6.45) is 5.13. The van der Waals surface area contributed by atoms with Gasteiger partial charge in [0.2, 0.25) is 0 Å². The summed E-state index contributed by atoms with van der Waals surface area (Å²) in [5.41, 5.74) is 9.65. The van der Waals surface area contributed by atoms with Crippen molar-refractivity contribution in [2.45, 2.75) is 25.4 Å². The molecule has 11 heteroatoms. The lowest BCUT2D eigenvalue weighted by Crippen LogP contribution is -2.46. The Labute approximate surface area is 217 Å². The van der Waals surface area contributed by atoms with Crippen molar-refractivity contribution in [1.29, 1.82) is 0 Å². The Hall–Kier alpha value is -4.22. The van der Waals surface area contributed by atoms with Gasteiger partial charge < -0.3 is 21.7 Å². The number of benzene rings is 2. The maximum atomic E-state index is 12.9. The van der Waals surface area contributed by atoms with Gasteiger partial charge in [-0.2, -0.15) is 0 Å². The first-order chi connectivity index (χ1) is 18.1. The van der Waals surface area contributed by atoms with E-state index >= 15 is 0 Å². The summed E-state index contributed by atoms with van der Waals surface area (Å²) in [5, 5.41) is 13.0. The van der Waals surface area contributed by atoms with Gasteiger partial charge >= 0.3 is 0 Å². The molecule has 0 saturated carbocycles. The number of carbonyl (C=O) groups excluding carboxylic acids is 2. The summed E-state index contributed by atoms with van der Waals surface area (Å²) in [5.74, 6) is -0.507. The molecule has 5 N–H and O–H groups in total. The molecule has 4 aromatic rings. The Morgan fingerprint density at radius 2 is 1.95 bits per heavy atom. The molecule has 0 spiro atoms. The summed E-state index contributed by atoms with van der Waals surface area (Å²) in [6.45, 7) is 2.04. The molecule has 1 atom stereocenters. The van der Waals surface area contributed by atoms with E-state index in [0.29, 0.717) is 29.9 Å². The Kier molecular flexibility index (Phi) is 7.43. The van der Waals surface area contributed by atoms with Gasteiger partial charge in [0.25, 0.3) is 11.8 Å². The smallest absolute Gasteiger partial charge is 0.274 e. The first-order valence-electron chi connectivity index (χ1n) is 12.0. The second-order valence-corrected chi connectivity index (χ2v) is 9.53. The zero-order valence-electron chi connectivity index (χ0n) is 20.0. The third-order valence-corrected chi connectivity index (χ3v) is 6.84. The van der Waals surface area contributed by atoms with E-state index in [-0.39, 0.29) is 29.4 Å². The third-order valence-electron chi connectivity index (χ3n) is 6.12. The lowest BCUT2D eigenvalue weighted by Gasteiger charge is -2.23. The number of nitrogen functional groups attached to an aromatic ring is 1. The predicted octanol–water partition coefficient (Wildman–Crippen LogP) is 2.66. The van der Waals surface area contributed by atoms with Gasteiger partial charge in [0, 0.05) is 30.3 Å². The number of nitrogens with two attached hydrogens (primary N) is 1. The van der Waals surface area contributed by atoms with E-state index in [1.807, 2.05) is 30.3 Å². The lowest BCUT2D eigenvalue weighted by atomic mass is 10.1. The molecule has 1 aliphatic rings. The van der Waals surface area contributed by atoms with Gasteiger partial charge in [0.15, 0.2) is 11.5 Å². The number of rotatable bonds is 7. The Balaban J connectivity index is 1.25. The number of aromatic nitrogens is 4. The maximum absolute atomic E-state index is 12.9. The zero-order valence-corrected chi connectivity index (χ0v) is 20.8. The van der Waals surface area contributed by atoms with Crippen LogP contribution in [0.15, 0.2) is 60.9 Å². The number of nitrogens with one attached hydrogen (secondary N) is 3. The van der Waals surface area contributed by atoms with Crippen LogP contribution in [0.2, 0.25) is 0 Å². The molecule has 1 unspecified atom stereocenters. The minimum absolute atomic E-state index is 0.0269. The van der Waals surface area contributed by atoms with Crippen molar-refractivity contribution in [2.24, 2.45) is 0 Å². The fraction of sp³-hybridized carbons (Fsp3) is 0.231. The van der Waals surface area contributed by atoms with Crippen LogP contribution in [0.5, 0.6) is 0 Å². The highest BCUT2D eigenvalue weighted by Gasteiger charge is 2.20. The molecule has 2 aromatic heterocycles. The van der Waals surface area contributed by atoms with Crippen molar-refractivity contribution < 1.29 is 9.59 Å². The SMILES string of the molecule is Nc1ncc(-c2cccc(C(=O)NCc3ccc(-c4cnns4)cc3)c2)nc1C(=O)NC1CCCNC1. The molecule has 0 radical (unpaired) electrons. The van der Waals surface area contributed by atoms with Crippen molar-refractivity contribution in [3.63, 3.8) is 0 Å². The number of anilines is 1. The van der Waals surface area contributed by atoms with Crippen LogP contribution in [0.4, 0.5) is 5.82 Å². The summed E-state index contributed by atoms with van der Waals surface area (Å²) < 4.78 is 3.88. The van der Waals surface area contributed by atoms with Crippen LogP contribution in [-0.2, 0) is 6.54 Å². The number of nitrogens with zero attached hydrogens (tertiary/aromatic N) is 4. The van der Waals surface area contributed by atoms with Crippen LogP contribution >= 0.6 is 11.5 Å². The van der Waals surface area contributed by atoms with Gasteiger partial charge in [0.1, 0.15) is 0 Å². The van der Waals surface area contributed by atoms with E-state index in [0.717, 1.165) is 35.4 Å². The zero-order chi connectivity index (χ0) is 25.6. The molecule has 0 aliphatic carbocycles. The quantitative estimate of drug-likeness (QED) is 0.294. The fourth-order valence-electron chi connectivity index (χ4n) is 4.12. The van der Waals surface area contributed by atoms with Crippen LogP contribution < -0.4 is 21.7 Å². The molecular weight excluding hydrogens is 488 g/mol. The number of amides is 2. The minimum Gasteiger partial charge on any atom is -0.382 e. The summed E-state index contributed by atoms with van der Waals surface area (Å²) in [7, 11) is 0. The van der Waals surface area contributed by atoms with E-state index in [2.05, 4.69) is 35.5 Å². The van der Waals surface area contributed by atoms with E-state index in [1.165, 1.54) is 17.7 Å². The fourth-order valence-corrected chi connectivity index (χ4v) is 4.64. The first kappa shape index (κ1) is 24.5. The van der Waals surface area contributed by atoms with Crippen molar-refractivity contribution in [3.8, 4) is 21.7 Å². The van der Waals surface area contributed by atoms with Gasteiger partial charge in [0.05, 0.1) is 23.0 Å². The molecule has 3 heterocycles. The van der Waals surface area contributed by atoms with E-state index < -0.39 is 0 Å². The molecule has 1 saturated heterocycles. The van der Waals surface area contributed by atoms with Gasteiger partial charge in [-0.3, -0.25) is 9.59 Å². The Morgan fingerprint density at radius 1 is 1.08 bits per heavy atom. The Morgan fingerprint density at radius 3 is 2.70 bits per heavy atom. The van der Waals surface area contributed by atoms with Crippen molar-refractivity contribution >= 4 is 29.2 Å².